The Kier molecular flexibility index (Phi) is 6.09. The second-order valence-electron chi connectivity index (χ2n) is 4.18. The first-order chi connectivity index (χ1) is 8.27. The lowest BCUT2D eigenvalue weighted by molar-refractivity contribution is 1.11. The summed E-state index contributed by atoms with van der Waals surface area (Å²) in [7, 11) is 0. The van der Waals surface area contributed by atoms with Gasteiger partial charge in [0.15, 0.2) is 0 Å². The summed E-state index contributed by atoms with van der Waals surface area (Å²) in [6, 6.07) is 8.59. The molecule has 0 unspecified atom stereocenters. The van der Waals surface area contributed by atoms with Gasteiger partial charge in [0, 0.05) is 0 Å². The van der Waals surface area contributed by atoms with Gasteiger partial charge in [0.2, 0.25) is 0 Å². The Balaban J connectivity index is 2.81. The van der Waals surface area contributed by atoms with E-state index in [0.717, 1.165) is 12.8 Å². The van der Waals surface area contributed by atoms with Gasteiger partial charge in [-0.3, -0.25) is 0 Å². The van der Waals surface area contributed by atoms with Gasteiger partial charge >= 0.3 is 0 Å². The number of allylic oxidation sites excluding steroid dienone is 6. The van der Waals surface area contributed by atoms with Gasteiger partial charge in [-0.2, -0.15) is 0 Å². The van der Waals surface area contributed by atoms with Gasteiger partial charge in [0.25, 0.3) is 0 Å². The van der Waals surface area contributed by atoms with Crippen LogP contribution >= 0.6 is 0 Å². The summed E-state index contributed by atoms with van der Waals surface area (Å²) >= 11 is 0. The molecule has 1 rings (SSSR count). The van der Waals surface area contributed by atoms with Crippen molar-refractivity contribution in [1.29, 1.82) is 0 Å². The van der Waals surface area contributed by atoms with Gasteiger partial charge in [-0.25, -0.2) is 0 Å². The molecule has 17 heavy (non-hydrogen) atoms. The first kappa shape index (κ1) is 13.5. The Hall–Kier alpha value is -1.56. The molecule has 0 fully saturated rings. The molecular weight excluding hydrogens is 204 g/mol. The van der Waals surface area contributed by atoms with E-state index in [2.05, 4.69) is 62.4 Å². The molecule has 0 spiro atoms. The van der Waals surface area contributed by atoms with Crippen LogP contribution in [-0.4, -0.2) is 0 Å². The van der Waals surface area contributed by atoms with E-state index in [1.165, 1.54) is 16.7 Å². The van der Waals surface area contributed by atoms with Crippen molar-refractivity contribution in [3.8, 4) is 0 Å². The van der Waals surface area contributed by atoms with Gasteiger partial charge in [-0.05, 0) is 43.4 Å². The summed E-state index contributed by atoms with van der Waals surface area (Å²) in [5.74, 6) is 0. The monoisotopic (exact) mass is 226 g/mol. The average Bonchev–Trinajstić information content (AvgIpc) is 2.32. The molecule has 0 aliphatic carbocycles. The normalized spacial score (nSPS) is 12.8. The minimum Gasteiger partial charge on any atom is -0.0877 e. The van der Waals surface area contributed by atoms with E-state index in [-0.39, 0.29) is 0 Å². The molecule has 0 heteroatoms. The molecule has 0 saturated carbocycles. The van der Waals surface area contributed by atoms with Crippen LogP contribution in [0.5, 0.6) is 0 Å². The first-order valence-electron chi connectivity index (χ1n) is 6.30. The summed E-state index contributed by atoms with van der Waals surface area (Å²) in [6.07, 6.45) is 12.8. The minimum atomic E-state index is 1.02. The predicted molar refractivity (Wildman–Crippen MR) is 77.2 cm³/mol. The van der Waals surface area contributed by atoms with Crippen molar-refractivity contribution in [1.82, 2.24) is 0 Å². The van der Waals surface area contributed by atoms with Crippen LogP contribution in [0.25, 0.3) is 0 Å². The van der Waals surface area contributed by atoms with Crippen LogP contribution in [0.15, 0.2) is 60.2 Å². The zero-order valence-electron chi connectivity index (χ0n) is 11.1. The Morgan fingerprint density at radius 3 is 2.59 bits per heavy atom. The van der Waals surface area contributed by atoms with Crippen LogP contribution < -0.4 is 0 Å². The van der Waals surface area contributed by atoms with Crippen molar-refractivity contribution < 1.29 is 0 Å². The van der Waals surface area contributed by atoms with Crippen LogP contribution in [0.2, 0.25) is 0 Å². The SMILES string of the molecule is C\C=C/C=C\C(=C/CC)Cc1ccccc1C. The van der Waals surface area contributed by atoms with E-state index in [9.17, 15) is 0 Å². The van der Waals surface area contributed by atoms with Gasteiger partial charge in [-0.15, -0.1) is 0 Å². The maximum Gasteiger partial charge on any atom is -0.00263 e. The first-order valence-corrected chi connectivity index (χ1v) is 6.30. The third kappa shape index (κ3) is 4.86. The summed E-state index contributed by atoms with van der Waals surface area (Å²) in [4.78, 5) is 0. The van der Waals surface area contributed by atoms with Crippen LogP contribution in [0, 0.1) is 6.92 Å². The highest BCUT2D eigenvalue weighted by Crippen LogP contribution is 2.14. The molecule has 0 nitrogen and oxygen atoms in total. The quantitative estimate of drug-likeness (QED) is 0.619. The van der Waals surface area contributed by atoms with Crippen LogP contribution in [0.3, 0.4) is 0 Å². The smallest absolute Gasteiger partial charge is 0.00263 e. The number of hydrogen-bond donors (Lipinski definition) is 0. The third-order valence-electron chi connectivity index (χ3n) is 2.74. The molecule has 0 atom stereocenters. The maximum absolute atomic E-state index is 2.30. The standard InChI is InChI=1S/C17H22/c1-4-6-7-12-16(10-5-2)14-17-13-9-8-11-15(17)3/h4,6-13H,5,14H2,1-3H3/b6-4-,12-7-,16-10+. The molecule has 0 bridgehead atoms. The van der Waals surface area contributed by atoms with Crippen LogP contribution in [-0.2, 0) is 6.42 Å². The molecule has 0 saturated heterocycles. The second kappa shape index (κ2) is 7.67. The lowest BCUT2D eigenvalue weighted by Gasteiger charge is -2.06. The fraction of sp³-hybridized carbons (Fsp3) is 0.294. The molecule has 0 radical (unpaired) electrons. The molecule has 0 amide bonds. The number of rotatable bonds is 5. The minimum absolute atomic E-state index is 1.02. The summed E-state index contributed by atoms with van der Waals surface area (Å²) < 4.78 is 0. The largest absolute Gasteiger partial charge is 0.0877 e. The molecule has 0 heterocycles. The fourth-order valence-corrected chi connectivity index (χ4v) is 1.78. The van der Waals surface area contributed by atoms with Crippen molar-refractivity contribution in [3.05, 3.63) is 71.3 Å². The molecule has 0 aromatic heterocycles. The van der Waals surface area contributed by atoms with Crippen molar-refractivity contribution in [2.75, 3.05) is 0 Å². The zero-order valence-corrected chi connectivity index (χ0v) is 11.1. The van der Waals surface area contributed by atoms with Crippen molar-refractivity contribution >= 4 is 0 Å². The molecule has 90 valence electrons. The van der Waals surface area contributed by atoms with Gasteiger partial charge in [-0.1, -0.05) is 61.6 Å². The molecule has 1 aromatic rings. The topological polar surface area (TPSA) is 0 Å². The van der Waals surface area contributed by atoms with Gasteiger partial charge in [0.1, 0.15) is 0 Å². The molecule has 1 aromatic carbocycles. The Morgan fingerprint density at radius 2 is 1.94 bits per heavy atom. The van der Waals surface area contributed by atoms with Crippen molar-refractivity contribution in [2.45, 2.75) is 33.6 Å². The lowest BCUT2D eigenvalue weighted by atomic mass is 9.99. The Morgan fingerprint density at radius 1 is 1.18 bits per heavy atom. The van der Waals surface area contributed by atoms with E-state index in [1.54, 1.807) is 0 Å². The van der Waals surface area contributed by atoms with E-state index < -0.39 is 0 Å². The van der Waals surface area contributed by atoms with E-state index >= 15 is 0 Å². The highest BCUT2D eigenvalue weighted by Gasteiger charge is 1.98. The molecule has 0 aliphatic rings. The summed E-state index contributed by atoms with van der Waals surface area (Å²) in [5, 5.41) is 0. The van der Waals surface area contributed by atoms with E-state index in [0.29, 0.717) is 0 Å². The van der Waals surface area contributed by atoms with Crippen molar-refractivity contribution in [3.63, 3.8) is 0 Å². The number of aryl methyl sites for hydroxylation is 1. The molecule has 0 N–H and O–H groups in total. The van der Waals surface area contributed by atoms with E-state index in [4.69, 9.17) is 0 Å². The highest BCUT2D eigenvalue weighted by atomic mass is 14.0. The zero-order chi connectivity index (χ0) is 12.5. The Labute approximate surface area is 105 Å². The predicted octanol–water partition coefficient (Wildman–Crippen LogP) is 5.01. The fourth-order valence-electron chi connectivity index (χ4n) is 1.78. The van der Waals surface area contributed by atoms with Crippen LogP contribution in [0.4, 0.5) is 0 Å². The average molecular weight is 226 g/mol. The van der Waals surface area contributed by atoms with Gasteiger partial charge < -0.3 is 0 Å². The maximum atomic E-state index is 2.30. The van der Waals surface area contributed by atoms with Crippen LogP contribution in [0.1, 0.15) is 31.4 Å². The molecular formula is C17H22. The number of benzene rings is 1. The Bertz CT molecular complexity index is 419. The lowest BCUT2D eigenvalue weighted by Crippen LogP contribution is -1.91. The van der Waals surface area contributed by atoms with E-state index in [1.807, 2.05) is 13.0 Å². The second-order valence-corrected chi connectivity index (χ2v) is 4.18. The highest BCUT2D eigenvalue weighted by molar-refractivity contribution is 5.34. The third-order valence-corrected chi connectivity index (χ3v) is 2.74. The molecule has 0 aliphatic heterocycles. The van der Waals surface area contributed by atoms with Gasteiger partial charge in [0.05, 0.1) is 0 Å². The summed E-state index contributed by atoms with van der Waals surface area (Å²) in [5.41, 5.74) is 4.17. The van der Waals surface area contributed by atoms with Crippen molar-refractivity contribution in [2.24, 2.45) is 0 Å². The summed E-state index contributed by atoms with van der Waals surface area (Å²) in [6.45, 7) is 6.39. The number of hydrogen-bond acceptors (Lipinski definition) is 0.